The summed E-state index contributed by atoms with van der Waals surface area (Å²) in [5.41, 5.74) is 0.789. The van der Waals surface area contributed by atoms with Crippen molar-refractivity contribution in [3.8, 4) is 0 Å². The minimum atomic E-state index is -0.653. The van der Waals surface area contributed by atoms with Gasteiger partial charge in [0.05, 0.1) is 0 Å². The standard InChI is InChI=1S/C16H16O4/c1-2-3-4-9-15(18)20-14-10-13(17)16(19)12-8-6-5-7-11(12)14/h5-8,10H,2-4,9H2,1H3. The smallest absolute Gasteiger partial charge is 0.311 e. The molecule has 1 aliphatic carbocycles. The third kappa shape index (κ3) is 3.02. The fourth-order valence-corrected chi connectivity index (χ4v) is 2.07. The van der Waals surface area contributed by atoms with Crippen molar-refractivity contribution in [3.05, 3.63) is 41.5 Å². The van der Waals surface area contributed by atoms with Gasteiger partial charge in [0.2, 0.25) is 11.6 Å². The lowest BCUT2D eigenvalue weighted by atomic mass is 9.94. The van der Waals surface area contributed by atoms with Crippen LogP contribution in [0.25, 0.3) is 5.76 Å². The van der Waals surface area contributed by atoms with E-state index in [-0.39, 0.29) is 17.3 Å². The Labute approximate surface area is 117 Å². The zero-order valence-corrected chi connectivity index (χ0v) is 11.3. The molecule has 0 N–H and O–H groups in total. The van der Waals surface area contributed by atoms with E-state index in [0.717, 1.165) is 25.3 Å². The predicted molar refractivity (Wildman–Crippen MR) is 74.0 cm³/mol. The molecule has 0 amide bonds. The second kappa shape index (κ2) is 6.28. The molecule has 1 aliphatic rings. The number of carbonyl (C=O) groups excluding carboxylic acids is 3. The molecular formula is C16H16O4. The molecule has 0 aliphatic heterocycles. The molecule has 0 spiro atoms. The van der Waals surface area contributed by atoms with Gasteiger partial charge in [-0.15, -0.1) is 0 Å². The Morgan fingerprint density at radius 1 is 1.10 bits per heavy atom. The van der Waals surface area contributed by atoms with Gasteiger partial charge in [0.1, 0.15) is 5.76 Å². The maximum Gasteiger partial charge on any atom is 0.311 e. The highest BCUT2D eigenvalue weighted by Crippen LogP contribution is 2.26. The van der Waals surface area contributed by atoms with Crippen LogP contribution in [0.15, 0.2) is 30.3 Å². The zero-order chi connectivity index (χ0) is 14.5. The highest BCUT2D eigenvalue weighted by molar-refractivity contribution is 6.50. The van der Waals surface area contributed by atoms with Gasteiger partial charge in [0.25, 0.3) is 0 Å². The molecule has 0 radical (unpaired) electrons. The summed E-state index contributed by atoms with van der Waals surface area (Å²) >= 11 is 0. The quantitative estimate of drug-likeness (QED) is 0.470. The summed E-state index contributed by atoms with van der Waals surface area (Å²) < 4.78 is 5.23. The van der Waals surface area contributed by atoms with Crippen molar-refractivity contribution in [2.45, 2.75) is 32.6 Å². The van der Waals surface area contributed by atoms with Crippen LogP contribution in [-0.2, 0) is 14.3 Å². The Morgan fingerprint density at radius 2 is 1.80 bits per heavy atom. The minimum absolute atomic E-state index is 0.173. The number of allylic oxidation sites excluding steroid dienone is 1. The first-order valence-electron chi connectivity index (χ1n) is 6.74. The Hall–Kier alpha value is -2.23. The summed E-state index contributed by atoms with van der Waals surface area (Å²) in [5.74, 6) is -1.42. The average molecular weight is 272 g/mol. The van der Waals surface area contributed by atoms with Crippen LogP contribution in [0.2, 0.25) is 0 Å². The normalized spacial score (nSPS) is 13.8. The Morgan fingerprint density at radius 3 is 2.50 bits per heavy atom. The van der Waals surface area contributed by atoms with Crippen molar-refractivity contribution in [2.24, 2.45) is 0 Å². The molecule has 4 heteroatoms. The number of rotatable bonds is 5. The fraction of sp³-hybridized carbons (Fsp3) is 0.312. The second-order valence-corrected chi connectivity index (χ2v) is 4.68. The summed E-state index contributed by atoms with van der Waals surface area (Å²) in [6.45, 7) is 2.05. The molecule has 0 heterocycles. The topological polar surface area (TPSA) is 60.4 Å². The summed E-state index contributed by atoms with van der Waals surface area (Å²) in [5, 5.41) is 0. The van der Waals surface area contributed by atoms with E-state index in [9.17, 15) is 14.4 Å². The van der Waals surface area contributed by atoms with Crippen LogP contribution in [0.1, 0.15) is 48.5 Å². The molecule has 0 bridgehead atoms. The summed E-state index contributed by atoms with van der Waals surface area (Å²) in [4.78, 5) is 35.0. The van der Waals surface area contributed by atoms with E-state index in [1.54, 1.807) is 24.3 Å². The second-order valence-electron chi connectivity index (χ2n) is 4.68. The van der Waals surface area contributed by atoms with E-state index in [1.807, 2.05) is 0 Å². The number of unbranched alkanes of at least 4 members (excludes halogenated alkanes) is 2. The number of ketones is 2. The molecular weight excluding hydrogens is 256 g/mol. The van der Waals surface area contributed by atoms with Gasteiger partial charge in [-0.2, -0.15) is 0 Å². The number of hydrogen-bond donors (Lipinski definition) is 0. The van der Waals surface area contributed by atoms with Crippen molar-refractivity contribution in [3.63, 3.8) is 0 Å². The molecule has 4 nitrogen and oxygen atoms in total. The van der Waals surface area contributed by atoms with Gasteiger partial charge >= 0.3 is 5.97 Å². The Kier molecular flexibility index (Phi) is 4.45. The maximum absolute atomic E-state index is 11.7. The van der Waals surface area contributed by atoms with Crippen LogP contribution in [0.3, 0.4) is 0 Å². The largest absolute Gasteiger partial charge is 0.426 e. The van der Waals surface area contributed by atoms with E-state index < -0.39 is 11.6 Å². The van der Waals surface area contributed by atoms with Crippen molar-refractivity contribution >= 4 is 23.3 Å². The lowest BCUT2D eigenvalue weighted by Gasteiger charge is -2.15. The number of ether oxygens (including phenoxy) is 1. The monoisotopic (exact) mass is 272 g/mol. The molecule has 0 atom stereocenters. The molecule has 1 aromatic rings. The maximum atomic E-state index is 11.7. The van der Waals surface area contributed by atoms with Crippen LogP contribution in [-0.4, -0.2) is 17.5 Å². The number of benzene rings is 1. The lowest BCUT2D eigenvalue weighted by molar-refractivity contribution is -0.136. The molecule has 0 unspecified atom stereocenters. The number of fused-ring (bicyclic) bond motifs is 1. The Balaban J connectivity index is 2.15. The first-order chi connectivity index (χ1) is 9.63. The molecule has 0 saturated carbocycles. The minimum Gasteiger partial charge on any atom is -0.426 e. The SMILES string of the molecule is CCCCCC(=O)OC1=CC(=O)C(=O)c2ccccc21. The van der Waals surface area contributed by atoms with Gasteiger partial charge < -0.3 is 4.74 Å². The van der Waals surface area contributed by atoms with Crippen LogP contribution in [0, 0.1) is 0 Å². The van der Waals surface area contributed by atoms with E-state index in [1.165, 1.54) is 0 Å². The third-order valence-electron chi connectivity index (χ3n) is 3.13. The van der Waals surface area contributed by atoms with Crippen molar-refractivity contribution in [2.75, 3.05) is 0 Å². The molecule has 2 rings (SSSR count). The van der Waals surface area contributed by atoms with Crippen molar-refractivity contribution in [1.29, 1.82) is 0 Å². The van der Waals surface area contributed by atoms with Gasteiger partial charge in [0.15, 0.2) is 0 Å². The summed E-state index contributed by atoms with van der Waals surface area (Å²) in [7, 11) is 0. The number of hydrogen-bond acceptors (Lipinski definition) is 4. The van der Waals surface area contributed by atoms with Gasteiger partial charge in [-0.1, -0.05) is 44.0 Å². The summed E-state index contributed by atoms with van der Waals surface area (Å²) in [6.07, 6.45) is 4.16. The van der Waals surface area contributed by atoms with Gasteiger partial charge in [0, 0.05) is 23.6 Å². The van der Waals surface area contributed by atoms with Gasteiger partial charge in [-0.3, -0.25) is 14.4 Å². The number of esters is 1. The molecule has 20 heavy (non-hydrogen) atoms. The first-order valence-corrected chi connectivity index (χ1v) is 6.74. The highest BCUT2D eigenvalue weighted by atomic mass is 16.5. The van der Waals surface area contributed by atoms with E-state index in [4.69, 9.17) is 4.74 Å². The third-order valence-corrected chi connectivity index (χ3v) is 3.13. The van der Waals surface area contributed by atoms with E-state index >= 15 is 0 Å². The van der Waals surface area contributed by atoms with Gasteiger partial charge in [-0.25, -0.2) is 0 Å². The van der Waals surface area contributed by atoms with Crippen LogP contribution in [0.4, 0.5) is 0 Å². The molecule has 104 valence electrons. The van der Waals surface area contributed by atoms with Crippen LogP contribution in [0.5, 0.6) is 0 Å². The van der Waals surface area contributed by atoms with Gasteiger partial charge in [-0.05, 0) is 6.42 Å². The Bertz CT molecular complexity index is 584. The lowest BCUT2D eigenvalue weighted by Crippen LogP contribution is -2.20. The number of carbonyl (C=O) groups is 3. The zero-order valence-electron chi connectivity index (χ0n) is 11.3. The highest BCUT2D eigenvalue weighted by Gasteiger charge is 2.27. The fourth-order valence-electron chi connectivity index (χ4n) is 2.07. The van der Waals surface area contributed by atoms with Crippen molar-refractivity contribution < 1.29 is 19.1 Å². The average Bonchev–Trinajstić information content (AvgIpc) is 2.45. The summed E-state index contributed by atoms with van der Waals surface area (Å²) in [6, 6.07) is 6.65. The molecule has 0 aromatic heterocycles. The molecule has 1 aromatic carbocycles. The van der Waals surface area contributed by atoms with E-state index in [0.29, 0.717) is 12.0 Å². The first kappa shape index (κ1) is 14.2. The molecule has 0 fully saturated rings. The van der Waals surface area contributed by atoms with Crippen molar-refractivity contribution in [1.82, 2.24) is 0 Å². The number of Topliss-reactive ketones (excluding diaryl/α,β-unsaturated/α-hetero) is 1. The van der Waals surface area contributed by atoms with Crippen LogP contribution >= 0.6 is 0 Å². The van der Waals surface area contributed by atoms with Crippen LogP contribution < -0.4 is 0 Å². The van der Waals surface area contributed by atoms with E-state index in [2.05, 4.69) is 6.92 Å². The predicted octanol–water partition coefficient (Wildman–Crippen LogP) is 2.92. The molecule has 0 saturated heterocycles.